The highest BCUT2D eigenvalue weighted by Crippen LogP contribution is 2.24. The van der Waals surface area contributed by atoms with Crippen LogP contribution in [0.1, 0.15) is 28.1 Å². The Kier molecular flexibility index (Phi) is 5.44. The molecule has 0 bridgehead atoms. The lowest BCUT2D eigenvalue weighted by atomic mass is 10.1. The Balaban J connectivity index is 1.35. The summed E-state index contributed by atoms with van der Waals surface area (Å²) in [5, 5.41) is 1.17. The van der Waals surface area contributed by atoms with Crippen LogP contribution in [0.15, 0.2) is 60.9 Å². The van der Waals surface area contributed by atoms with Crippen LogP contribution in [-0.4, -0.2) is 4.98 Å². The van der Waals surface area contributed by atoms with Gasteiger partial charge in [-0.1, -0.05) is 12.1 Å². The van der Waals surface area contributed by atoms with Crippen LogP contribution in [0.5, 0.6) is 0 Å². The molecule has 0 spiro atoms. The second-order valence-electron chi connectivity index (χ2n) is 7.01. The maximum absolute atomic E-state index is 13.8. The van der Waals surface area contributed by atoms with Gasteiger partial charge in [0.05, 0.1) is 20.8 Å². The molecular formula is C23H21F2N2S+. The van der Waals surface area contributed by atoms with E-state index in [4.69, 9.17) is 4.98 Å². The molecule has 28 heavy (non-hydrogen) atoms. The highest BCUT2D eigenvalue weighted by molar-refractivity contribution is 7.18. The van der Waals surface area contributed by atoms with Crippen molar-refractivity contribution in [1.82, 2.24) is 4.98 Å². The van der Waals surface area contributed by atoms with Gasteiger partial charge in [0.1, 0.15) is 11.6 Å². The number of aryl methyl sites for hydroxylation is 3. The fourth-order valence-electron chi connectivity index (χ4n) is 3.26. The number of fused-ring (bicyclic) bond motifs is 1. The van der Waals surface area contributed by atoms with Crippen molar-refractivity contribution in [2.24, 2.45) is 0 Å². The van der Waals surface area contributed by atoms with Gasteiger partial charge in [-0.25, -0.2) is 18.3 Å². The summed E-state index contributed by atoms with van der Waals surface area (Å²) >= 11 is 1.77. The summed E-state index contributed by atoms with van der Waals surface area (Å²) in [7, 11) is 0. The van der Waals surface area contributed by atoms with Gasteiger partial charge in [-0.2, -0.15) is 0 Å². The van der Waals surface area contributed by atoms with Crippen molar-refractivity contribution in [3.63, 3.8) is 0 Å². The van der Waals surface area contributed by atoms with Crippen LogP contribution in [0.4, 0.5) is 8.78 Å². The van der Waals surface area contributed by atoms with Crippen molar-refractivity contribution in [1.29, 1.82) is 0 Å². The molecule has 0 saturated heterocycles. The molecule has 0 amide bonds. The molecule has 0 N–H and O–H groups in total. The maximum atomic E-state index is 13.8. The van der Waals surface area contributed by atoms with E-state index in [9.17, 15) is 8.78 Å². The summed E-state index contributed by atoms with van der Waals surface area (Å²) in [6.45, 7) is 2.28. The van der Waals surface area contributed by atoms with Crippen molar-refractivity contribution in [2.75, 3.05) is 0 Å². The highest BCUT2D eigenvalue weighted by atomic mass is 32.1. The average Bonchev–Trinajstić information content (AvgIpc) is 3.08. The topological polar surface area (TPSA) is 16.8 Å². The Morgan fingerprint density at radius 3 is 2.46 bits per heavy atom. The van der Waals surface area contributed by atoms with Gasteiger partial charge in [0, 0.05) is 12.1 Å². The molecule has 4 rings (SSSR count). The molecule has 0 aliphatic heterocycles. The van der Waals surface area contributed by atoms with Crippen LogP contribution in [0, 0.1) is 18.6 Å². The van der Waals surface area contributed by atoms with Crippen LogP contribution >= 0.6 is 11.3 Å². The number of nitrogens with zero attached hydrogens (tertiary/aromatic N) is 2. The second kappa shape index (κ2) is 8.15. The standard InChI is InChI=1S/C23H21F2N2S/c1-16-8-9-21-22(14-16)28-23(26-21)7-2-4-17-10-12-27(13-11-17)15-18-19(24)5-3-6-20(18)25/h3,5-6,8-14H,2,4,7,15H2,1H3/q+1. The quantitative estimate of drug-likeness (QED) is 0.400. The molecule has 0 atom stereocenters. The zero-order valence-electron chi connectivity index (χ0n) is 15.7. The molecule has 0 saturated carbocycles. The van der Waals surface area contributed by atoms with Crippen LogP contribution < -0.4 is 4.57 Å². The number of hydrogen-bond acceptors (Lipinski definition) is 2. The van der Waals surface area contributed by atoms with E-state index in [-0.39, 0.29) is 12.1 Å². The first-order valence-corrected chi connectivity index (χ1v) is 10.2. The van der Waals surface area contributed by atoms with E-state index < -0.39 is 11.6 Å². The lowest BCUT2D eigenvalue weighted by Crippen LogP contribution is -2.34. The number of halogens is 2. The lowest BCUT2D eigenvalue weighted by molar-refractivity contribution is -0.688. The van der Waals surface area contributed by atoms with Gasteiger partial charge in [0.25, 0.3) is 0 Å². The molecule has 0 radical (unpaired) electrons. The minimum Gasteiger partial charge on any atom is -0.241 e. The Bertz CT molecular complexity index is 1080. The summed E-state index contributed by atoms with van der Waals surface area (Å²) in [5.74, 6) is -1.02. The normalized spacial score (nSPS) is 11.2. The third-order valence-corrected chi connectivity index (χ3v) is 5.88. The fourth-order valence-corrected chi connectivity index (χ4v) is 4.36. The molecule has 142 valence electrons. The number of aromatic nitrogens is 2. The molecule has 0 aliphatic rings. The number of thiazole rings is 1. The van der Waals surface area contributed by atoms with Crippen molar-refractivity contribution in [2.45, 2.75) is 32.7 Å². The zero-order chi connectivity index (χ0) is 19.5. The van der Waals surface area contributed by atoms with Gasteiger partial charge in [0.2, 0.25) is 0 Å². The van der Waals surface area contributed by atoms with Gasteiger partial charge >= 0.3 is 0 Å². The minimum atomic E-state index is -0.511. The Hall–Kier alpha value is -2.66. The number of pyridine rings is 1. The average molecular weight is 395 g/mol. The highest BCUT2D eigenvalue weighted by Gasteiger charge is 2.13. The molecule has 2 aromatic heterocycles. The van der Waals surface area contributed by atoms with Gasteiger partial charge in [-0.05, 0) is 61.6 Å². The summed E-state index contributed by atoms with van der Waals surface area (Å²) < 4.78 is 30.6. The molecule has 5 heteroatoms. The van der Waals surface area contributed by atoms with Crippen molar-refractivity contribution in [3.8, 4) is 0 Å². The number of rotatable bonds is 6. The molecule has 0 unspecified atom stereocenters. The van der Waals surface area contributed by atoms with E-state index >= 15 is 0 Å². The lowest BCUT2D eigenvalue weighted by Gasteiger charge is -2.03. The third kappa shape index (κ3) is 4.25. The van der Waals surface area contributed by atoms with E-state index in [1.807, 2.05) is 24.5 Å². The monoisotopic (exact) mass is 395 g/mol. The van der Waals surface area contributed by atoms with E-state index in [0.29, 0.717) is 0 Å². The minimum absolute atomic E-state index is 0.0892. The molecule has 4 aromatic rings. The predicted octanol–water partition coefficient (Wildman–Crippen LogP) is 5.39. The number of hydrogen-bond donors (Lipinski definition) is 0. The zero-order valence-corrected chi connectivity index (χ0v) is 16.5. The van der Waals surface area contributed by atoms with E-state index in [0.717, 1.165) is 24.8 Å². The Morgan fingerprint density at radius 2 is 1.71 bits per heavy atom. The smallest absolute Gasteiger partial charge is 0.179 e. The van der Waals surface area contributed by atoms with Crippen molar-refractivity contribution >= 4 is 21.6 Å². The summed E-state index contributed by atoms with van der Waals surface area (Å²) in [4.78, 5) is 4.71. The van der Waals surface area contributed by atoms with Crippen LogP contribution in [0.3, 0.4) is 0 Å². The summed E-state index contributed by atoms with van der Waals surface area (Å²) in [5.41, 5.74) is 3.64. The van der Waals surface area contributed by atoms with Crippen LogP contribution in [0.25, 0.3) is 10.2 Å². The van der Waals surface area contributed by atoms with Gasteiger partial charge in [-0.15, -0.1) is 11.3 Å². The number of benzene rings is 2. The molecule has 2 heterocycles. The van der Waals surface area contributed by atoms with Crippen LogP contribution in [0.2, 0.25) is 0 Å². The van der Waals surface area contributed by atoms with Gasteiger partial charge < -0.3 is 0 Å². The van der Waals surface area contributed by atoms with Crippen molar-refractivity contribution < 1.29 is 13.3 Å². The first-order chi connectivity index (χ1) is 13.6. The summed E-state index contributed by atoms with van der Waals surface area (Å²) in [6.07, 6.45) is 6.67. The van der Waals surface area contributed by atoms with E-state index in [2.05, 4.69) is 25.1 Å². The molecule has 0 fully saturated rings. The van der Waals surface area contributed by atoms with Crippen LogP contribution in [-0.2, 0) is 19.4 Å². The Morgan fingerprint density at radius 1 is 0.964 bits per heavy atom. The summed E-state index contributed by atoms with van der Waals surface area (Å²) in [6, 6.07) is 14.4. The first kappa shape index (κ1) is 18.7. The predicted molar refractivity (Wildman–Crippen MR) is 108 cm³/mol. The first-order valence-electron chi connectivity index (χ1n) is 9.35. The van der Waals surface area contributed by atoms with Gasteiger partial charge in [0.15, 0.2) is 18.9 Å². The molecular weight excluding hydrogens is 374 g/mol. The molecule has 2 nitrogen and oxygen atoms in total. The SMILES string of the molecule is Cc1ccc2nc(CCCc3cc[n+](Cc4c(F)cccc4F)cc3)sc2c1. The Labute approximate surface area is 167 Å². The second-order valence-corrected chi connectivity index (χ2v) is 8.13. The van der Waals surface area contributed by atoms with Crippen molar-refractivity contribution in [3.05, 3.63) is 94.3 Å². The molecule has 0 aliphatic carbocycles. The molecule has 2 aromatic carbocycles. The third-order valence-electron chi connectivity index (χ3n) is 4.81. The van der Waals surface area contributed by atoms with E-state index in [1.54, 1.807) is 15.9 Å². The maximum Gasteiger partial charge on any atom is 0.179 e. The van der Waals surface area contributed by atoms with Gasteiger partial charge in [-0.3, -0.25) is 0 Å². The van der Waals surface area contributed by atoms with E-state index in [1.165, 1.54) is 39.0 Å². The largest absolute Gasteiger partial charge is 0.241 e. The fraction of sp³-hybridized carbons (Fsp3) is 0.217.